The van der Waals surface area contributed by atoms with Gasteiger partial charge in [0.15, 0.2) is 0 Å². The molecule has 2 aromatic carbocycles. The lowest BCUT2D eigenvalue weighted by molar-refractivity contribution is 0.0933. The molecule has 4 aromatic rings. The minimum Gasteiger partial charge on any atom is -0.497 e. The van der Waals surface area contributed by atoms with Crippen molar-refractivity contribution < 1.29 is 9.53 Å². The molecule has 0 bridgehead atoms. The molecule has 1 atom stereocenters. The summed E-state index contributed by atoms with van der Waals surface area (Å²) in [6.07, 6.45) is 2.80. The highest BCUT2D eigenvalue weighted by molar-refractivity contribution is 6.06. The molecule has 6 nitrogen and oxygen atoms in total. The highest BCUT2D eigenvalue weighted by atomic mass is 16.5. The summed E-state index contributed by atoms with van der Waals surface area (Å²) in [7, 11) is 3.39. The molecule has 0 saturated carbocycles. The zero-order chi connectivity index (χ0) is 20.8. The van der Waals surface area contributed by atoms with Crippen molar-refractivity contribution >= 4 is 27.7 Å². The second kappa shape index (κ2) is 7.06. The average molecular weight is 401 g/mol. The Balaban J connectivity index is 1.54. The highest BCUT2D eigenvalue weighted by Crippen LogP contribution is 2.36. The van der Waals surface area contributed by atoms with Crippen LogP contribution in [0.25, 0.3) is 21.8 Å². The third-order valence-corrected chi connectivity index (χ3v) is 6.12. The molecule has 2 N–H and O–H groups in total. The average Bonchev–Trinajstić information content (AvgIpc) is 3.15. The molecule has 2 heterocycles. The van der Waals surface area contributed by atoms with Crippen LogP contribution in [0.5, 0.6) is 5.75 Å². The Labute approximate surface area is 173 Å². The maximum Gasteiger partial charge on any atom is 0.252 e. The van der Waals surface area contributed by atoms with Crippen molar-refractivity contribution in [2.45, 2.75) is 25.3 Å². The van der Waals surface area contributed by atoms with Crippen LogP contribution in [0.1, 0.15) is 40.5 Å². The topological polar surface area (TPSA) is 76.1 Å². The zero-order valence-corrected chi connectivity index (χ0v) is 17.0. The summed E-state index contributed by atoms with van der Waals surface area (Å²) < 4.78 is 6.94. The zero-order valence-electron chi connectivity index (χ0n) is 17.0. The van der Waals surface area contributed by atoms with Crippen LogP contribution in [-0.4, -0.2) is 22.6 Å². The van der Waals surface area contributed by atoms with Crippen molar-refractivity contribution in [2.75, 3.05) is 7.11 Å². The number of carbonyl (C=O) groups excluding carboxylic acids is 1. The first-order valence-corrected chi connectivity index (χ1v) is 10.1. The third-order valence-electron chi connectivity index (χ3n) is 6.12. The van der Waals surface area contributed by atoms with E-state index < -0.39 is 0 Å². The Morgan fingerprint density at radius 2 is 2.00 bits per heavy atom. The van der Waals surface area contributed by atoms with E-state index in [0.717, 1.165) is 52.5 Å². The number of benzene rings is 2. The van der Waals surface area contributed by atoms with Crippen molar-refractivity contribution in [3.05, 3.63) is 75.7 Å². The van der Waals surface area contributed by atoms with Gasteiger partial charge in [-0.05, 0) is 49.1 Å². The molecule has 152 valence electrons. The fraction of sp³-hybridized carbons (Fsp3) is 0.250. The van der Waals surface area contributed by atoms with E-state index in [-0.39, 0.29) is 17.5 Å². The van der Waals surface area contributed by atoms with Crippen LogP contribution in [0.3, 0.4) is 0 Å². The van der Waals surface area contributed by atoms with Crippen molar-refractivity contribution in [3.8, 4) is 5.75 Å². The number of nitrogens with one attached hydrogen (secondary N) is 2. The second-order valence-electron chi connectivity index (χ2n) is 7.82. The first kappa shape index (κ1) is 18.5. The van der Waals surface area contributed by atoms with E-state index in [1.54, 1.807) is 18.7 Å². The van der Waals surface area contributed by atoms with E-state index in [1.165, 1.54) is 11.6 Å². The maximum atomic E-state index is 13.2. The van der Waals surface area contributed by atoms with Gasteiger partial charge in [-0.1, -0.05) is 18.2 Å². The predicted octanol–water partition coefficient (Wildman–Crippen LogP) is 3.84. The summed E-state index contributed by atoms with van der Waals surface area (Å²) in [6.45, 7) is 0. The summed E-state index contributed by atoms with van der Waals surface area (Å²) in [5, 5.41) is 5.08. The molecule has 30 heavy (non-hydrogen) atoms. The van der Waals surface area contributed by atoms with E-state index >= 15 is 0 Å². The van der Waals surface area contributed by atoms with Gasteiger partial charge in [0.05, 0.1) is 24.2 Å². The number of hydrogen-bond acceptors (Lipinski definition) is 3. The quantitative estimate of drug-likeness (QED) is 0.548. The van der Waals surface area contributed by atoms with Crippen molar-refractivity contribution in [1.82, 2.24) is 14.9 Å². The number of H-pyrrole nitrogens is 1. The van der Waals surface area contributed by atoms with E-state index in [4.69, 9.17) is 4.74 Å². The van der Waals surface area contributed by atoms with Gasteiger partial charge in [0.25, 0.3) is 11.5 Å². The number of aryl methyl sites for hydroxylation is 2. The maximum absolute atomic E-state index is 13.2. The molecule has 5 rings (SSSR count). The molecule has 0 aliphatic heterocycles. The number of carbonyl (C=O) groups is 1. The fourth-order valence-corrected chi connectivity index (χ4v) is 4.55. The van der Waals surface area contributed by atoms with Crippen LogP contribution in [0.15, 0.2) is 53.3 Å². The lowest BCUT2D eigenvalue weighted by atomic mass is 9.91. The van der Waals surface area contributed by atoms with Crippen LogP contribution >= 0.6 is 0 Å². The molecule has 0 unspecified atom stereocenters. The van der Waals surface area contributed by atoms with Gasteiger partial charge in [0.1, 0.15) is 5.75 Å². The summed E-state index contributed by atoms with van der Waals surface area (Å²) >= 11 is 0. The van der Waals surface area contributed by atoms with Crippen LogP contribution in [0, 0.1) is 0 Å². The van der Waals surface area contributed by atoms with Gasteiger partial charge in [-0.3, -0.25) is 9.59 Å². The van der Waals surface area contributed by atoms with Gasteiger partial charge in [0.2, 0.25) is 0 Å². The van der Waals surface area contributed by atoms with Gasteiger partial charge in [-0.15, -0.1) is 0 Å². The Hall–Kier alpha value is -3.54. The molecule has 0 radical (unpaired) electrons. The second-order valence-corrected chi connectivity index (χ2v) is 7.82. The van der Waals surface area contributed by atoms with Gasteiger partial charge in [0, 0.05) is 35.1 Å². The molecular weight excluding hydrogens is 378 g/mol. The van der Waals surface area contributed by atoms with Crippen LogP contribution < -0.4 is 15.6 Å². The number of rotatable bonds is 3. The summed E-state index contributed by atoms with van der Waals surface area (Å²) in [6, 6.07) is 14.8. The molecule has 0 spiro atoms. The molecule has 1 aliphatic rings. The first-order chi connectivity index (χ1) is 14.6. The molecule has 0 saturated heterocycles. The number of para-hydroxylation sites is 1. The largest absolute Gasteiger partial charge is 0.497 e. The van der Waals surface area contributed by atoms with Crippen LogP contribution in [-0.2, 0) is 13.5 Å². The summed E-state index contributed by atoms with van der Waals surface area (Å²) in [4.78, 5) is 29.1. The number of pyridine rings is 1. The van der Waals surface area contributed by atoms with Gasteiger partial charge in [-0.2, -0.15) is 0 Å². The summed E-state index contributed by atoms with van der Waals surface area (Å²) in [5.74, 6) is 0.597. The van der Waals surface area contributed by atoms with E-state index in [2.05, 4.69) is 10.3 Å². The van der Waals surface area contributed by atoms with E-state index in [9.17, 15) is 9.59 Å². The molecule has 2 aromatic heterocycles. The lowest BCUT2D eigenvalue weighted by Gasteiger charge is -2.24. The Morgan fingerprint density at radius 3 is 2.83 bits per heavy atom. The number of ether oxygens (including phenoxy) is 1. The SMILES string of the molecule is COc1ccc2[nH]c3c(c2c1)CCC[C@H]3NC(=O)c1cc(=O)n(C)c2ccccc12. The molecular formula is C24H23N3O3. The van der Waals surface area contributed by atoms with Gasteiger partial charge >= 0.3 is 0 Å². The number of fused-ring (bicyclic) bond motifs is 4. The smallest absolute Gasteiger partial charge is 0.252 e. The number of hydrogen-bond donors (Lipinski definition) is 2. The number of amides is 1. The van der Waals surface area contributed by atoms with Crippen molar-refractivity contribution in [3.63, 3.8) is 0 Å². The Kier molecular flexibility index (Phi) is 4.35. The molecule has 1 amide bonds. The molecule has 6 heteroatoms. The molecule has 0 fully saturated rings. The minimum atomic E-state index is -0.224. The number of aromatic amines is 1. The van der Waals surface area contributed by atoms with Gasteiger partial charge in [-0.25, -0.2) is 0 Å². The monoisotopic (exact) mass is 401 g/mol. The highest BCUT2D eigenvalue weighted by Gasteiger charge is 2.27. The lowest BCUT2D eigenvalue weighted by Crippen LogP contribution is -2.32. The van der Waals surface area contributed by atoms with Crippen molar-refractivity contribution in [2.24, 2.45) is 7.05 Å². The van der Waals surface area contributed by atoms with Crippen LogP contribution in [0.2, 0.25) is 0 Å². The Morgan fingerprint density at radius 1 is 1.17 bits per heavy atom. The van der Waals surface area contributed by atoms with E-state index in [1.807, 2.05) is 42.5 Å². The predicted molar refractivity (Wildman–Crippen MR) is 117 cm³/mol. The van der Waals surface area contributed by atoms with Crippen molar-refractivity contribution in [1.29, 1.82) is 0 Å². The summed E-state index contributed by atoms with van der Waals surface area (Å²) in [5.41, 5.74) is 4.29. The van der Waals surface area contributed by atoms with Gasteiger partial charge < -0.3 is 19.6 Å². The Bertz CT molecular complexity index is 1350. The normalized spacial score (nSPS) is 15.9. The number of nitrogens with zero attached hydrogens (tertiary/aromatic N) is 1. The number of methoxy groups -OCH3 is 1. The van der Waals surface area contributed by atoms with Crippen LogP contribution in [0.4, 0.5) is 0 Å². The molecule has 1 aliphatic carbocycles. The third kappa shape index (κ3) is 2.87. The minimum absolute atomic E-state index is 0.123. The standard InChI is InChI=1S/C24H23N3O3/c1-27-21-9-4-3-6-15(21)18(13-22(27)28)24(29)26-20-8-5-7-16-17-12-14(30-2)10-11-19(17)25-23(16)20/h3-4,6,9-13,20,25H,5,7-8H2,1-2H3,(H,26,29)/t20-/m1/s1. The van der Waals surface area contributed by atoms with E-state index in [0.29, 0.717) is 5.56 Å². The first-order valence-electron chi connectivity index (χ1n) is 10.1. The number of aromatic nitrogens is 2. The fourth-order valence-electron chi connectivity index (χ4n) is 4.55.